The van der Waals surface area contributed by atoms with E-state index in [4.69, 9.17) is 0 Å². The van der Waals surface area contributed by atoms with Gasteiger partial charge in [0.15, 0.2) is 0 Å². The molecule has 0 saturated heterocycles. The molecular weight excluding hydrogens is 286 g/mol. The number of carbonyl (C=O) groups is 1. The molecular formula is C19H33N3O. The lowest BCUT2D eigenvalue weighted by molar-refractivity contribution is -0.128. The number of aromatic nitrogens is 2. The lowest BCUT2D eigenvalue weighted by Crippen LogP contribution is -2.37. The largest absolute Gasteiger partial charge is 0.350 e. The Hall–Kier alpha value is -1.45. The molecule has 0 radical (unpaired) electrons. The van der Waals surface area contributed by atoms with E-state index in [0.29, 0.717) is 12.0 Å². The normalized spacial score (nSPS) is 13.7. The molecule has 1 atom stereocenters. The summed E-state index contributed by atoms with van der Waals surface area (Å²) in [6, 6.07) is 0. The summed E-state index contributed by atoms with van der Waals surface area (Å²) in [5, 5.41) is 3.02. The first-order valence-electron chi connectivity index (χ1n) is 8.62. The predicted octanol–water partition coefficient (Wildman–Crippen LogP) is 4.36. The zero-order valence-corrected chi connectivity index (χ0v) is 15.6. The smallest absolute Gasteiger partial charge is 0.223 e. The Kier molecular flexibility index (Phi) is 7.17. The summed E-state index contributed by atoms with van der Waals surface area (Å²) in [7, 11) is 0. The van der Waals surface area contributed by atoms with Gasteiger partial charge in [0.25, 0.3) is 0 Å². The van der Waals surface area contributed by atoms with Crippen LogP contribution in [0.15, 0.2) is 18.6 Å². The van der Waals surface area contributed by atoms with Crippen molar-refractivity contribution >= 4 is 5.91 Å². The average Bonchev–Trinajstić information content (AvgIpc) is 2.43. The third-order valence-electron chi connectivity index (χ3n) is 4.09. The summed E-state index contributed by atoms with van der Waals surface area (Å²) in [6.45, 7) is 13.7. The van der Waals surface area contributed by atoms with Crippen molar-refractivity contribution in [1.82, 2.24) is 15.3 Å². The molecule has 1 aromatic rings. The topological polar surface area (TPSA) is 54.9 Å². The third-order valence-corrected chi connectivity index (χ3v) is 4.09. The van der Waals surface area contributed by atoms with Crippen LogP contribution in [-0.2, 0) is 11.3 Å². The Bertz CT molecular complexity index is 472. The zero-order valence-electron chi connectivity index (χ0n) is 15.6. The van der Waals surface area contributed by atoms with E-state index in [1.807, 2.05) is 0 Å². The van der Waals surface area contributed by atoms with Crippen LogP contribution in [0.2, 0.25) is 0 Å². The highest BCUT2D eigenvalue weighted by Gasteiger charge is 2.30. The lowest BCUT2D eigenvalue weighted by atomic mass is 9.76. The Balaban J connectivity index is 2.51. The van der Waals surface area contributed by atoms with Crippen molar-refractivity contribution in [1.29, 1.82) is 0 Å². The summed E-state index contributed by atoms with van der Waals surface area (Å²) in [5.74, 6) is 0.151. The van der Waals surface area contributed by atoms with E-state index < -0.39 is 0 Å². The second kappa shape index (κ2) is 8.42. The van der Waals surface area contributed by atoms with Gasteiger partial charge in [-0.2, -0.15) is 0 Å². The van der Waals surface area contributed by atoms with Gasteiger partial charge in [0, 0.05) is 18.3 Å². The van der Waals surface area contributed by atoms with Crippen molar-refractivity contribution in [2.45, 2.75) is 73.8 Å². The van der Waals surface area contributed by atoms with Crippen LogP contribution in [0, 0.1) is 16.7 Å². The number of hydrogen-bond donors (Lipinski definition) is 1. The Labute approximate surface area is 141 Å². The molecule has 130 valence electrons. The van der Waals surface area contributed by atoms with Crippen LogP contribution in [0.5, 0.6) is 0 Å². The minimum Gasteiger partial charge on any atom is -0.350 e. The monoisotopic (exact) mass is 319 g/mol. The van der Waals surface area contributed by atoms with Gasteiger partial charge in [-0.05, 0) is 23.7 Å². The first kappa shape index (κ1) is 19.6. The highest BCUT2D eigenvalue weighted by molar-refractivity contribution is 5.79. The summed E-state index contributed by atoms with van der Waals surface area (Å²) >= 11 is 0. The molecule has 1 unspecified atom stereocenters. The lowest BCUT2D eigenvalue weighted by Gasteiger charge is -2.30. The minimum atomic E-state index is -0.0335. The van der Waals surface area contributed by atoms with E-state index in [1.165, 1.54) is 12.8 Å². The molecule has 1 rings (SSSR count). The van der Waals surface area contributed by atoms with Gasteiger partial charge in [0.2, 0.25) is 5.91 Å². The Morgan fingerprint density at radius 1 is 1.13 bits per heavy atom. The van der Waals surface area contributed by atoms with Gasteiger partial charge in [-0.3, -0.25) is 14.8 Å². The second-order valence-electron chi connectivity index (χ2n) is 8.64. The maximum absolute atomic E-state index is 12.6. The van der Waals surface area contributed by atoms with Gasteiger partial charge in [-0.15, -0.1) is 0 Å². The molecule has 0 aromatic carbocycles. The number of nitrogens with zero attached hydrogens (tertiary/aromatic N) is 2. The van der Waals surface area contributed by atoms with Gasteiger partial charge >= 0.3 is 0 Å². The number of unbranched alkanes of at least 4 members (excludes halogenated alkanes) is 1. The maximum Gasteiger partial charge on any atom is 0.223 e. The molecule has 1 aromatic heterocycles. The fourth-order valence-electron chi connectivity index (χ4n) is 2.68. The molecule has 0 aliphatic carbocycles. The van der Waals surface area contributed by atoms with Gasteiger partial charge in [-0.1, -0.05) is 54.4 Å². The number of nitrogens with one attached hydrogen (secondary N) is 1. The van der Waals surface area contributed by atoms with Crippen molar-refractivity contribution in [2.75, 3.05) is 0 Å². The molecule has 0 aliphatic rings. The number of amides is 1. The first-order chi connectivity index (χ1) is 10.6. The van der Waals surface area contributed by atoms with Gasteiger partial charge in [-0.25, -0.2) is 0 Å². The van der Waals surface area contributed by atoms with E-state index in [-0.39, 0.29) is 17.2 Å². The summed E-state index contributed by atoms with van der Waals surface area (Å²) in [6.07, 6.45) is 9.38. The highest BCUT2D eigenvalue weighted by Crippen LogP contribution is 2.32. The van der Waals surface area contributed by atoms with Gasteiger partial charge in [0.1, 0.15) is 0 Å². The quantitative estimate of drug-likeness (QED) is 0.760. The van der Waals surface area contributed by atoms with Crippen molar-refractivity contribution in [3.05, 3.63) is 24.3 Å². The van der Waals surface area contributed by atoms with E-state index >= 15 is 0 Å². The Morgan fingerprint density at radius 3 is 2.35 bits per heavy atom. The SMILES string of the molecule is CC(C)(C)CCCCC(C(=O)NCc1cnccn1)C(C)(C)C. The van der Waals surface area contributed by atoms with Crippen LogP contribution in [-0.4, -0.2) is 15.9 Å². The molecule has 0 fully saturated rings. The van der Waals surface area contributed by atoms with E-state index in [0.717, 1.165) is 18.5 Å². The molecule has 0 spiro atoms. The Morgan fingerprint density at radius 2 is 1.83 bits per heavy atom. The van der Waals surface area contributed by atoms with Crippen LogP contribution >= 0.6 is 0 Å². The summed E-state index contributed by atoms with van der Waals surface area (Å²) < 4.78 is 0. The molecule has 1 N–H and O–H groups in total. The second-order valence-corrected chi connectivity index (χ2v) is 8.64. The van der Waals surface area contributed by atoms with Gasteiger partial charge < -0.3 is 5.32 Å². The van der Waals surface area contributed by atoms with Crippen LogP contribution in [0.25, 0.3) is 0 Å². The minimum absolute atomic E-state index is 0.0270. The predicted molar refractivity (Wildman–Crippen MR) is 94.7 cm³/mol. The van der Waals surface area contributed by atoms with Crippen molar-refractivity contribution in [3.8, 4) is 0 Å². The van der Waals surface area contributed by atoms with Crippen LogP contribution in [0.4, 0.5) is 0 Å². The van der Waals surface area contributed by atoms with E-state index in [9.17, 15) is 4.79 Å². The molecule has 1 heterocycles. The molecule has 0 saturated carbocycles. The van der Waals surface area contributed by atoms with Crippen LogP contribution in [0.1, 0.15) is 72.9 Å². The van der Waals surface area contributed by atoms with Crippen molar-refractivity contribution < 1.29 is 4.79 Å². The molecule has 23 heavy (non-hydrogen) atoms. The fraction of sp³-hybridized carbons (Fsp3) is 0.737. The van der Waals surface area contributed by atoms with Crippen molar-refractivity contribution in [2.24, 2.45) is 16.7 Å². The zero-order chi connectivity index (χ0) is 17.5. The number of rotatable bonds is 7. The first-order valence-corrected chi connectivity index (χ1v) is 8.62. The molecule has 4 nitrogen and oxygen atoms in total. The summed E-state index contributed by atoms with van der Waals surface area (Å²) in [5.41, 5.74) is 1.13. The van der Waals surface area contributed by atoms with Crippen LogP contribution in [0.3, 0.4) is 0 Å². The van der Waals surface area contributed by atoms with Crippen molar-refractivity contribution in [3.63, 3.8) is 0 Å². The van der Waals surface area contributed by atoms with E-state index in [1.54, 1.807) is 18.6 Å². The average molecular weight is 319 g/mol. The number of carbonyl (C=O) groups excluding carboxylic acids is 1. The summed E-state index contributed by atoms with van der Waals surface area (Å²) in [4.78, 5) is 20.8. The standard InChI is InChI=1S/C19H33N3O/c1-18(2,3)10-8-7-9-16(19(4,5)6)17(23)22-14-15-13-20-11-12-21-15/h11-13,16H,7-10,14H2,1-6H3,(H,22,23). The molecule has 0 bridgehead atoms. The van der Waals surface area contributed by atoms with E-state index in [2.05, 4.69) is 56.8 Å². The fourth-order valence-corrected chi connectivity index (χ4v) is 2.68. The molecule has 4 heteroatoms. The van der Waals surface area contributed by atoms with Gasteiger partial charge in [0.05, 0.1) is 18.4 Å². The van der Waals surface area contributed by atoms with Crippen LogP contribution < -0.4 is 5.32 Å². The number of hydrogen-bond acceptors (Lipinski definition) is 3. The molecule has 0 aliphatic heterocycles. The maximum atomic E-state index is 12.6. The third kappa shape index (κ3) is 8.10. The molecule has 1 amide bonds. The highest BCUT2D eigenvalue weighted by atomic mass is 16.1.